The first-order valence-electron chi connectivity index (χ1n) is 3.69. The molecule has 1 rings (SSSR count). The van der Waals surface area contributed by atoms with Gasteiger partial charge in [0.25, 0.3) is 0 Å². The van der Waals surface area contributed by atoms with E-state index in [2.05, 4.69) is 5.32 Å². The second-order valence-electron chi connectivity index (χ2n) is 2.47. The van der Waals surface area contributed by atoms with Gasteiger partial charge in [0.1, 0.15) is 0 Å². The van der Waals surface area contributed by atoms with Crippen molar-refractivity contribution in [3.63, 3.8) is 0 Å². The molecule has 4 nitrogen and oxygen atoms in total. The second kappa shape index (κ2) is 4.04. The molecule has 1 unspecified atom stereocenters. The Bertz CT molecular complexity index is 395. The van der Waals surface area contributed by atoms with E-state index in [1.54, 1.807) is 18.2 Å². The smallest absolute Gasteiger partial charge is 0.232 e. The van der Waals surface area contributed by atoms with Crippen LogP contribution in [0.15, 0.2) is 24.3 Å². The van der Waals surface area contributed by atoms with Gasteiger partial charge in [-0.05, 0) is 6.08 Å². The Morgan fingerprint density at radius 1 is 1.46 bits per heavy atom. The van der Waals surface area contributed by atoms with Crippen molar-refractivity contribution in [2.24, 2.45) is 5.92 Å². The molecule has 0 saturated carbocycles. The normalized spacial score (nSPS) is 20.1. The molecule has 0 bridgehead atoms. The topological polar surface area (TPSA) is 63.2 Å². The third-order valence-electron chi connectivity index (χ3n) is 1.70. The maximum absolute atomic E-state index is 11.2. The van der Waals surface area contributed by atoms with Gasteiger partial charge >= 0.3 is 0 Å². The van der Waals surface area contributed by atoms with Crippen LogP contribution in [0.3, 0.4) is 0 Å². The molecule has 0 saturated heterocycles. The Hall–Kier alpha value is -1.36. The van der Waals surface area contributed by atoms with Crippen molar-refractivity contribution in [3.05, 3.63) is 24.3 Å². The summed E-state index contributed by atoms with van der Waals surface area (Å²) in [7, 11) is -0.864. The van der Waals surface area contributed by atoms with Gasteiger partial charge in [-0.2, -0.15) is 8.42 Å². The maximum atomic E-state index is 11.2. The van der Waals surface area contributed by atoms with Crippen LogP contribution in [-0.2, 0) is 15.1 Å². The van der Waals surface area contributed by atoms with Crippen molar-refractivity contribution in [1.29, 1.82) is 0 Å². The molecule has 1 N–H and O–H groups in total. The fourth-order valence-electron chi connectivity index (χ4n) is 1.06. The molecule has 1 aliphatic rings. The molecule has 1 aliphatic carbocycles. The molecule has 0 heterocycles. The summed E-state index contributed by atoms with van der Waals surface area (Å²) in [6.07, 6.45) is 6.20. The number of amides is 1. The van der Waals surface area contributed by atoms with Crippen molar-refractivity contribution >= 4 is 21.1 Å². The number of hydrogen-bond donors (Lipinski definition) is 1. The number of allylic oxidation sites excluding steroid dienone is 3. The summed E-state index contributed by atoms with van der Waals surface area (Å²) in [6, 6.07) is 0. The van der Waals surface area contributed by atoms with Gasteiger partial charge in [0.2, 0.25) is 16.2 Å². The predicted octanol–water partition coefficient (Wildman–Crippen LogP) is -0.474. The van der Waals surface area contributed by atoms with Gasteiger partial charge in [0.05, 0.1) is 10.8 Å². The van der Waals surface area contributed by atoms with Crippen LogP contribution >= 0.6 is 0 Å². The van der Waals surface area contributed by atoms with Crippen molar-refractivity contribution in [3.8, 4) is 0 Å². The Morgan fingerprint density at radius 2 is 2.15 bits per heavy atom. The SMILES string of the molecule is CNC(=O)C1C=CC=CC1=S(=O)=O. The quantitative estimate of drug-likeness (QED) is 0.580. The van der Waals surface area contributed by atoms with Crippen LogP contribution in [0.4, 0.5) is 0 Å². The van der Waals surface area contributed by atoms with Crippen molar-refractivity contribution in [2.45, 2.75) is 0 Å². The molecule has 0 radical (unpaired) electrons. The number of rotatable bonds is 1. The van der Waals surface area contributed by atoms with Crippen LogP contribution < -0.4 is 5.32 Å². The van der Waals surface area contributed by atoms with Crippen molar-refractivity contribution in [2.75, 3.05) is 7.05 Å². The number of hydrogen-bond acceptors (Lipinski definition) is 3. The Labute approximate surface area is 77.5 Å². The molecule has 0 aromatic heterocycles. The first-order valence-corrected chi connectivity index (χ1v) is 4.77. The van der Waals surface area contributed by atoms with Crippen molar-refractivity contribution in [1.82, 2.24) is 5.32 Å². The highest BCUT2D eigenvalue weighted by Crippen LogP contribution is 2.08. The zero-order valence-corrected chi connectivity index (χ0v) is 7.84. The molecule has 70 valence electrons. The van der Waals surface area contributed by atoms with E-state index < -0.39 is 16.2 Å². The summed E-state index contributed by atoms with van der Waals surface area (Å²) in [5.41, 5.74) is 0. The van der Waals surface area contributed by atoms with E-state index in [1.807, 2.05) is 0 Å². The molecule has 0 aliphatic heterocycles. The summed E-state index contributed by atoms with van der Waals surface area (Å²) in [5.74, 6) is -1.01. The van der Waals surface area contributed by atoms with E-state index in [1.165, 1.54) is 13.1 Å². The minimum atomic E-state index is -2.34. The molecule has 5 heteroatoms. The van der Waals surface area contributed by atoms with Gasteiger partial charge < -0.3 is 5.32 Å². The summed E-state index contributed by atoms with van der Waals surface area (Å²) < 4.78 is 21.4. The molecular weight excluding hydrogens is 190 g/mol. The molecule has 0 aromatic carbocycles. The fourth-order valence-corrected chi connectivity index (χ4v) is 1.64. The van der Waals surface area contributed by atoms with Crippen LogP contribution in [-0.4, -0.2) is 26.2 Å². The van der Waals surface area contributed by atoms with E-state index in [-0.39, 0.29) is 10.8 Å². The van der Waals surface area contributed by atoms with Crippen LogP contribution in [0.25, 0.3) is 0 Å². The molecule has 1 atom stereocenters. The average molecular weight is 199 g/mol. The first kappa shape index (κ1) is 9.73. The zero-order valence-electron chi connectivity index (χ0n) is 7.02. The molecule has 13 heavy (non-hydrogen) atoms. The van der Waals surface area contributed by atoms with E-state index in [4.69, 9.17) is 0 Å². The van der Waals surface area contributed by atoms with Gasteiger partial charge in [-0.1, -0.05) is 18.2 Å². The summed E-state index contributed by atoms with van der Waals surface area (Å²) >= 11 is 0. The van der Waals surface area contributed by atoms with Gasteiger partial charge in [0.15, 0.2) is 0 Å². The average Bonchev–Trinajstić information content (AvgIpc) is 2.16. The monoisotopic (exact) mass is 199 g/mol. The van der Waals surface area contributed by atoms with Gasteiger partial charge in [-0.3, -0.25) is 4.79 Å². The highest BCUT2D eigenvalue weighted by Gasteiger charge is 2.21. The summed E-state index contributed by atoms with van der Waals surface area (Å²) in [6.45, 7) is 0. The summed E-state index contributed by atoms with van der Waals surface area (Å²) in [5, 5.41) is 2.40. The lowest BCUT2D eigenvalue weighted by atomic mass is 10.00. The third-order valence-corrected chi connectivity index (χ3v) is 2.48. The van der Waals surface area contributed by atoms with Crippen LogP contribution in [0.2, 0.25) is 0 Å². The number of carbonyl (C=O) groups excluding carboxylic acids is 1. The lowest BCUT2D eigenvalue weighted by Crippen LogP contribution is -2.32. The highest BCUT2D eigenvalue weighted by molar-refractivity contribution is 7.73. The van der Waals surface area contributed by atoms with Gasteiger partial charge in [0, 0.05) is 7.05 Å². The lowest BCUT2D eigenvalue weighted by molar-refractivity contribution is -0.121. The number of carbonyl (C=O) groups is 1. The molecule has 0 aromatic rings. The Balaban J connectivity index is 3.11. The maximum Gasteiger partial charge on any atom is 0.232 e. The first-order chi connectivity index (χ1) is 6.16. The third kappa shape index (κ3) is 2.06. The molecule has 0 fully saturated rings. The minimum absolute atomic E-state index is 0.0989. The van der Waals surface area contributed by atoms with Crippen LogP contribution in [0.5, 0.6) is 0 Å². The minimum Gasteiger partial charge on any atom is -0.358 e. The molecule has 0 spiro atoms. The Kier molecular flexibility index (Phi) is 3.02. The van der Waals surface area contributed by atoms with Crippen LogP contribution in [0.1, 0.15) is 0 Å². The fraction of sp³-hybridized carbons (Fsp3) is 0.250. The zero-order chi connectivity index (χ0) is 9.84. The number of nitrogens with one attached hydrogen (secondary N) is 1. The lowest BCUT2D eigenvalue weighted by Gasteiger charge is -2.10. The van der Waals surface area contributed by atoms with E-state index in [0.717, 1.165) is 0 Å². The van der Waals surface area contributed by atoms with Gasteiger partial charge in [-0.25, -0.2) is 0 Å². The standard InChI is InChI=1S/C8H9NO3S/c1-9-8(10)6-4-2-3-5-7(6)13(11)12/h2-6H,1H3,(H,9,10). The van der Waals surface area contributed by atoms with E-state index >= 15 is 0 Å². The molecule has 1 amide bonds. The van der Waals surface area contributed by atoms with Gasteiger partial charge in [-0.15, -0.1) is 0 Å². The van der Waals surface area contributed by atoms with Crippen LogP contribution in [0, 0.1) is 5.92 Å². The Morgan fingerprint density at radius 3 is 2.69 bits per heavy atom. The van der Waals surface area contributed by atoms with E-state index in [0.29, 0.717) is 0 Å². The second-order valence-corrected chi connectivity index (χ2v) is 3.41. The van der Waals surface area contributed by atoms with Crippen molar-refractivity contribution < 1.29 is 13.2 Å². The molecular formula is C8H9NO3S. The highest BCUT2D eigenvalue weighted by atomic mass is 32.2. The summed E-state index contributed by atoms with van der Waals surface area (Å²) in [4.78, 5) is 11.3. The predicted molar refractivity (Wildman–Crippen MR) is 49.8 cm³/mol. The van der Waals surface area contributed by atoms with E-state index in [9.17, 15) is 13.2 Å². The largest absolute Gasteiger partial charge is 0.358 e.